The summed E-state index contributed by atoms with van der Waals surface area (Å²) in [5.74, 6) is 1.11. The van der Waals surface area contributed by atoms with Crippen LogP contribution >= 0.6 is 0 Å². The number of ketones is 1. The van der Waals surface area contributed by atoms with E-state index in [1.165, 1.54) is 0 Å². The van der Waals surface area contributed by atoms with E-state index in [-0.39, 0.29) is 5.78 Å². The lowest BCUT2D eigenvalue weighted by Crippen LogP contribution is -2.16. The topological polar surface area (TPSA) is 31.2 Å². The van der Waals surface area contributed by atoms with Crippen LogP contribution in [0.25, 0.3) is 10.9 Å². The molecule has 0 atom stereocenters. The molecule has 0 bridgehead atoms. The van der Waals surface area contributed by atoms with Crippen molar-refractivity contribution >= 4 is 16.7 Å². The first-order valence-electron chi connectivity index (χ1n) is 5.92. The smallest absolute Gasteiger partial charge is 0.179 e. The Hall–Kier alpha value is -1.77. The highest BCUT2D eigenvalue weighted by Gasteiger charge is 2.23. The molecule has 88 valence electrons. The van der Waals surface area contributed by atoms with Gasteiger partial charge in [0.15, 0.2) is 5.78 Å². The first kappa shape index (κ1) is 10.4. The first-order chi connectivity index (χ1) is 8.22. The first-order valence-corrected chi connectivity index (χ1v) is 5.92. The van der Waals surface area contributed by atoms with Crippen LogP contribution in [0.1, 0.15) is 28.9 Å². The third kappa shape index (κ3) is 1.38. The van der Waals surface area contributed by atoms with Gasteiger partial charge < -0.3 is 9.30 Å². The summed E-state index contributed by atoms with van der Waals surface area (Å²) < 4.78 is 7.39. The normalized spacial score (nSPS) is 15.1. The Kier molecular flexibility index (Phi) is 2.21. The second-order valence-electron chi connectivity index (χ2n) is 4.54. The average molecular weight is 229 g/mol. The highest BCUT2D eigenvalue weighted by atomic mass is 16.5. The standard InChI is InChI=1S/C14H15NO2/c1-9-11-6-5-10(17-2)8-12(11)15-7-3-4-13(16)14(9)15/h5-6,8H,3-4,7H2,1-2H3. The maximum absolute atomic E-state index is 12.0. The summed E-state index contributed by atoms with van der Waals surface area (Å²) in [6.45, 7) is 2.96. The molecule has 1 aromatic carbocycles. The van der Waals surface area contributed by atoms with E-state index in [1.807, 2.05) is 25.1 Å². The van der Waals surface area contributed by atoms with Crippen molar-refractivity contribution in [2.45, 2.75) is 26.3 Å². The maximum atomic E-state index is 12.0. The molecule has 0 fully saturated rings. The number of aromatic nitrogens is 1. The summed E-state index contributed by atoms with van der Waals surface area (Å²) in [6.07, 6.45) is 1.61. The summed E-state index contributed by atoms with van der Waals surface area (Å²) in [4.78, 5) is 12.0. The Bertz CT molecular complexity index is 610. The van der Waals surface area contributed by atoms with Crippen molar-refractivity contribution in [2.24, 2.45) is 0 Å². The van der Waals surface area contributed by atoms with Gasteiger partial charge in [-0.25, -0.2) is 0 Å². The van der Waals surface area contributed by atoms with E-state index in [0.717, 1.165) is 40.9 Å². The summed E-state index contributed by atoms with van der Waals surface area (Å²) in [7, 11) is 1.67. The molecule has 0 saturated heterocycles. The van der Waals surface area contributed by atoms with Gasteiger partial charge in [-0.1, -0.05) is 0 Å². The Morgan fingerprint density at radius 3 is 2.94 bits per heavy atom. The number of nitrogens with zero attached hydrogens (tertiary/aromatic N) is 1. The third-order valence-electron chi connectivity index (χ3n) is 3.57. The molecule has 17 heavy (non-hydrogen) atoms. The van der Waals surface area contributed by atoms with E-state index in [2.05, 4.69) is 4.57 Å². The number of ether oxygens (including phenoxy) is 1. The van der Waals surface area contributed by atoms with Crippen LogP contribution in [0.2, 0.25) is 0 Å². The Labute approximate surface area is 100.0 Å². The molecule has 2 heterocycles. The number of carbonyl (C=O) groups is 1. The zero-order valence-electron chi connectivity index (χ0n) is 10.1. The second-order valence-corrected chi connectivity index (χ2v) is 4.54. The van der Waals surface area contributed by atoms with E-state index in [9.17, 15) is 4.79 Å². The zero-order chi connectivity index (χ0) is 12.0. The Morgan fingerprint density at radius 1 is 1.35 bits per heavy atom. The van der Waals surface area contributed by atoms with E-state index in [0.29, 0.717) is 6.42 Å². The molecule has 0 spiro atoms. The highest BCUT2D eigenvalue weighted by Crippen LogP contribution is 2.32. The van der Waals surface area contributed by atoms with Crippen molar-refractivity contribution in [3.05, 3.63) is 29.5 Å². The third-order valence-corrected chi connectivity index (χ3v) is 3.57. The largest absolute Gasteiger partial charge is 0.497 e. The number of carbonyl (C=O) groups excluding carboxylic acids is 1. The van der Waals surface area contributed by atoms with Gasteiger partial charge in [0, 0.05) is 24.4 Å². The Morgan fingerprint density at radius 2 is 2.18 bits per heavy atom. The van der Waals surface area contributed by atoms with E-state index < -0.39 is 0 Å². The number of aryl methyl sites for hydroxylation is 2. The van der Waals surface area contributed by atoms with Gasteiger partial charge in [-0.2, -0.15) is 0 Å². The van der Waals surface area contributed by atoms with Crippen LogP contribution in [-0.2, 0) is 6.54 Å². The molecule has 1 aliphatic heterocycles. The summed E-state index contributed by atoms with van der Waals surface area (Å²) >= 11 is 0. The molecule has 3 rings (SSSR count). The molecule has 1 aliphatic rings. The van der Waals surface area contributed by atoms with Gasteiger partial charge in [-0.15, -0.1) is 0 Å². The summed E-state index contributed by atoms with van der Waals surface area (Å²) in [5.41, 5.74) is 3.11. The average Bonchev–Trinajstić information content (AvgIpc) is 2.64. The van der Waals surface area contributed by atoms with Gasteiger partial charge in [0.2, 0.25) is 0 Å². The van der Waals surface area contributed by atoms with E-state index >= 15 is 0 Å². The molecule has 0 aliphatic carbocycles. The lowest BCUT2D eigenvalue weighted by Gasteiger charge is -2.15. The fourth-order valence-corrected chi connectivity index (χ4v) is 2.74. The molecule has 3 heteroatoms. The quantitative estimate of drug-likeness (QED) is 0.752. The van der Waals surface area contributed by atoms with Gasteiger partial charge in [0.25, 0.3) is 0 Å². The fraction of sp³-hybridized carbons (Fsp3) is 0.357. The monoisotopic (exact) mass is 229 g/mol. The van der Waals surface area contributed by atoms with Crippen LogP contribution in [0, 0.1) is 6.92 Å². The van der Waals surface area contributed by atoms with Crippen LogP contribution in [-0.4, -0.2) is 17.5 Å². The summed E-state index contributed by atoms with van der Waals surface area (Å²) in [6, 6.07) is 6.01. The number of rotatable bonds is 1. The van der Waals surface area contributed by atoms with Gasteiger partial charge in [-0.05, 0) is 31.0 Å². The minimum absolute atomic E-state index is 0.268. The number of Topliss-reactive ketones (excluding diaryl/α,β-unsaturated/α-hetero) is 1. The van der Waals surface area contributed by atoms with Crippen molar-refractivity contribution in [3.8, 4) is 5.75 Å². The van der Waals surface area contributed by atoms with Gasteiger partial charge in [0.1, 0.15) is 5.75 Å². The van der Waals surface area contributed by atoms with Crippen LogP contribution in [0.3, 0.4) is 0 Å². The van der Waals surface area contributed by atoms with Gasteiger partial charge in [0.05, 0.1) is 18.3 Å². The number of hydrogen-bond acceptors (Lipinski definition) is 2. The van der Waals surface area contributed by atoms with Gasteiger partial charge >= 0.3 is 0 Å². The highest BCUT2D eigenvalue weighted by molar-refractivity contribution is 6.03. The number of benzene rings is 1. The molecule has 0 radical (unpaired) electrons. The summed E-state index contributed by atoms with van der Waals surface area (Å²) in [5, 5.41) is 1.16. The van der Waals surface area contributed by atoms with Crippen molar-refractivity contribution in [1.82, 2.24) is 4.57 Å². The molecular weight excluding hydrogens is 214 g/mol. The molecule has 2 aromatic rings. The maximum Gasteiger partial charge on any atom is 0.179 e. The lowest BCUT2D eigenvalue weighted by molar-refractivity contribution is 0.0955. The van der Waals surface area contributed by atoms with Crippen LogP contribution in [0.15, 0.2) is 18.2 Å². The fourth-order valence-electron chi connectivity index (χ4n) is 2.74. The van der Waals surface area contributed by atoms with Crippen LogP contribution in [0.5, 0.6) is 5.75 Å². The van der Waals surface area contributed by atoms with Crippen molar-refractivity contribution < 1.29 is 9.53 Å². The number of fused-ring (bicyclic) bond motifs is 3. The predicted octanol–water partition coefficient (Wildman–Crippen LogP) is 2.93. The number of hydrogen-bond donors (Lipinski definition) is 0. The molecule has 3 nitrogen and oxygen atoms in total. The number of methoxy groups -OCH3 is 1. The molecular formula is C14H15NO2. The predicted molar refractivity (Wildman–Crippen MR) is 66.8 cm³/mol. The second kappa shape index (κ2) is 3.62. The van der Waals surface area contributed by atoms with Gasteiger partial charge in [-0.3, -0.25) is 4.79 Å². The van der Waals surface area contributed by atoms with E-state index in [1.54, 1.807) is 7.11 Å². The Balaban J connectivity index is 2.36. The SMILES string of the molecule is COc1ccc2c(C)c3n(c2c1)CCCC3=O. The van der Waals surface area contributed by atoms with Crippen LogP contribution < -0.4 is 4.74 Å². The lowest BCUT2D eigenvalue weighted by atomic mass is 10.1. The molecule has 0 saturated carbocycles. The minimum Gasteiger partial charge on any atom is -0.497 e. The van der Waals surface area contributed by atoms with Crippen LogP contribution in [0.4, 0.5) is 0 Å². The van der Waals surface area contributed by atoms with Crippen molar-refractivity contribution in [1.29, 1.82) is 0 Å². The van der Waals surface area contributed by atoms with E-state index in [4.69, 9.17) is 4.74 Å². The van der Waals surface area contributed by atoms with Crippen molar-refractivity contribution in [3.63, 3.8) is 0 Å². The van der Waals surface area contributed by atoms with Crippen molar-refractivity contribution in [2.75, 3.05) is 7.11 Å². The molecule has 0 unspecified atom stereocenters. The molecule has 0 amide bonds. The zero-order valence-corrected chi connectivity index (χ0v) is 10.1. The minimum atomic E-state index is 0.268. The molecule has 0 N–H and O–H groups in total. The molecule has 1 aromatic heterocycles.